The monoisotopic (exact) mass is 355 g/mol. The molecule has 0 fully saturated rings. The van der Waals surface area contributed by atoms with Gasteiger partial charge in [0.15, 0.2) is 5.75 Å². The zero-order valence-electron chi connectivity index (χ0n) is 14.3. The third-order valence-electron chi connectivity index (χ3n) is 4.34. The SMILES string of the molecule is [CH2]Cc1c(O)c2ncc(Cc3ccc(F)cc3)cc2n(CCCO)c1=O. The first-order valence-electron chi connectivity index (χ1n) is 8.43. The quantitative estimate of drug-likeness (QED) is 0.713. The van der Waals surface area contributed by atoms with Gasteiger partial charge in [0.05, 0.1) is 11.1 Å². The molecule has 0 aliphatic heterocycles. The van der Waals surface area contributed by atoms with Gasteiger partial charge in [0.1, 0.15) is 11.3 Å². The number of aromatic hydroxyl groups is 1. The molecule has 0 saturated heterocycles. The van der Waals surface area contributed by atoms with E-state index in [9.17, 15) is 14.3 Å². The fourth-order valence-electron chi connectivity index (χ4n) is 3.01. The Bertz CT molecular complexity index is 981. The number of fused-ring (bicyclic) bond motifs is 1. The van der Waals surface area contributed by atoms with Gasteiger partial charge in [-0.2, -0.15) is 0 Å². The second-order valence-electron chi connectivity index (χ2n) is 6.13. The summed E-state index contributed by atoms with van der Waals surface area (Å²) < 4.78 is 14.6. The molecule has 135 valence electrons. The van der Waals surface area contributed by atoms with Gasteiger partial charge in [-0.3, -0.25) is 9.78 Å². The molecule has 6 heteroatoms. The molecule has 0 saturated carbocycles. The second kappa shape index (κ2) is 7.66. The summed E-state index contributed by atoms with van der Waals surface area (Å²) in [6, 6.07) is 7.99. The normalized spacial score (nSPS) is 11.2. The smallest absolute Gasteiger partial charge is 0.258 e. The van der Waals surface area contributed by atoms with Crippen molar-refractivity contribution >= 4 is 11.0 Å². The van der Waals surface area contributed by atoms with E-state index < -0.39 is 0 Å². The number of nitrogens with zero attached hydrogens (tertiary/aromatic N) is 2. The number of hydrogen-bond donors (Lipinski definition) is 2. The lowest BCUT2D eigenvalue weighted by Crippen LogP contribution is -2.25. The van der Waals surface area contributed by atoms with E-state index >= 15 is 0 Å². The van der Waals surface area contributed by atoms with Crippen LogP contribution in [0.1, 0.15) is 23.1 Å². The molecule has 1 aromatic carbocycles. The Morgan fingerprint density at radius 1 is 1.19 bits per heavy atom. The summed E-state index contributed by atoms with van der Waals surface area (Å²) >= 11 is 0. The van der Waals surface area contributed by atoms with Crippen LogP contribution in [0.2, 0.25) is 0 Å². The topological polar surface area (TPSA) is 75.3 Å². The van der Waals surface area contributed by atoms with Crippen LogP contribution in [0.25, 0.3) is 11.0 Å². The van der Waals surface area contributed by atoms with Crippen molar-refractivity contribution in [3.8, 4) is 5.75 Å². The van der Waals surface area contributed by atoms with E-state index in [0.717, 1.165) is 11.1 Å². The molecule has 26 heavy (non-hydrogen) atoms. The van der Waals surface area contributed by atoms with E-state index in [2.05, 4.69) is 11.9 Å². The molecule has 0 atom stereocenters. The molecule has 0 aliphatic carbocycles. The number of hydrogen-bond acceptors (Lipinski definition) is 4. The Kier molecular flexibility index (Phi) is 5.32. The van der Waals surface area contributed by atoms with Gasteiger partial charge in [-0.25, -0.2) is 4.39 Å². The van der Waals surface area contributed by atoms with Crippen LogP contribution in [-0.4, -0.2) is 26.4 Å². The van der Waals surface area contributed by atoms with Crippen LogP contribution in [0.4, 0.5) is 4.39 Å². The van der Waals surface area contributed by atoms with Crippen molar-refractivity contribution in [2.24, 2.45) is 0 Å². The van der Waals surface area contributed by atoms with Crippen LogP contribution in [0.15, 0.2) is 41.3 Å². The number of rotatable bonds is 6. The van der Waals surface area contributed by atoms with Gasteiger partial charge < -0.3 is 14.8 Å². The fraction of sp³-hybridized carbons (Fsp3) is 0.250. The van der Waals surface area contributed by atoms with Crippen LogP contribution in [0.3, 0.4) is 0 Å². The Labute approximate surface area is 150 Å². The number of benzene rings is 1. The Morgan fingerprint density at radius 3 is 2.58 bits per heavy atom. The number of aliphatic hydroxyl groups excluding tert-OH is 1. The van der Waals surface area contributed by atoms with Crippen molar-refractivity contribution in [2.75, 3.05) is 6.61 Å². The summed E-state index contributed by atoms with van der Waals surface area (Å²) in [7, 11) is 0. The molecule has 2 N–H and O–H groups in total. The first-order chi connectivity index (χ1) is 12.5. The van der Waals surface area contributed by atoms with Crippen LogP contribution >= 0.6 is 0 Å². The predicted octanol–water partition coefficient (Wildman–Crippen LogP) is 2.59. The zero-order valence-corrected chi connectivity index (χ0v) is 14.3. The van der Waals surface area contributed by atoms with Gasteiger partial charge in [0.2, 0.25) is 0 Å². The number of halogens is 1. The van der Waals surface area contributed by atoms with Crippen molar-refractivity contribution in [3.05, 3.63) is 76.3 Å². The van der Waals surface area contributed by atoms with Crippen LogP contribution in [0.5, 0.6) is 5.75 Å². The maximum absolute atomic E-state index is 13.1. The molecular formula is C20H20FN2O3. The first kappa shape index (κ1) is 18.1. The van der Waals surface area contributed by atoms with E-state index in [1.165, 1.54) is 16.7 Å². The lowest BCUT2D eigenvalue weighted by Gasteiger charge is -2.14. The van der Waals surface area contributed by atoms with Gasteiger partial charge >= 0.3 is 0 Å². The van der Waals surface area contributed by atoms with Gasteiger partial charge in [-0.15, -0.1) is 0 Å². The largest absolute Gasteiger partial charge is 0.505 e. The number of pyridine rings is 2. The molecule has 0 aliphatic rings. The van der Waals surface area contributed by atoms with E-state index in [1.54, 1.807) is 24.4 Å². The molecule has 3 rings (SSSR count). The second-order valence-corrected chi connectivity index (χ2v) is 6.13. The Morgan fingerprint density at radius 2 is 1.92 bits per heavy atom. The highest BCUT2D eigenvalue weighted by Crippen LogP contribution is 2.26. The molecule has 2 heterocycles. The molecule has 0 bridgehead atoms. The van der Waals surface area contributed by atoms with Crippen molar-refractivity contribution < 1.29 is 14.6 Å². The average Bonchev–Trinajstić information content (AvgIpc) is 2.64. The fourth-order valence-corrected chi connectivity index (χ4v) is 3.01. The van der Waals surface area contributed by atoms with Gasteiger partial charge in [0.25, 0.3) is 5.56 Å². The van der Waals surface area contributed by atoms with E-state index in [-0.39, 0.29) is 35.7 Å². The molecule has 1 radical (unpaired) electrons. The lowest BCUT2D eigenvalue weighted by atomic mass is 10.0. The summed E-state index contributed by atoms with van der Waals surface area (Å²) in [6.07, 6.45) is 2.73. The first-order valence-corrected chi connectivity index (χ1v) is 8.43. The highest BCUT2D eigenvalue weighted by Gasteiger charge is 2.16. The van der Waals surface area contributed by atoms with Crippen molar-refractivity contribution in [2.45, 2.75) is 25.8 Å². The minimum absolute atomic E-state index is 0.0444. The molecule has 2 aromatic heterocycles. The summed E-state index contributed by atoms with van der Waals surface area (Å²) in [4.78, 5) is 17.0. The van der Waals surface area contributed by atoms with Gasteiger partial charge in [0, 0.05) is 19.3 Å². The number of aliphatic hydroxyl groups is 1. The number of aryl methyl sites for hydroxylation is 1. The average molecular weight is 355 g/mol. The van der Waals surface area contributed by atoms with E-state index in [4.69, 9.17) is 5.11 Å². The summed E-state index contributed by atoms with van der Waals surface area (Å²) in [5.74, 6) is -0.442. The molecule has 0 amide bonds. The van der Waals surface area contributed by atoms with Gasteiger partial charge in [-0.1, -0.05) is 12.1 Å². The van der Waals surface area contributed by atoms with Gasteiger partial charge in [-0.05, 0) is 55.5 Å². The molecule has 0 spiro atoms. The number of aromatic nitrogens is 2. The molecular weight excluding hydrogens is 335 g/mol. The minimum atomic E-state index is -0.320. The van der Waals surface area contributed by atoms with Crippen LogP contribution in [-0.2, 0) is 19.4 Å². The highest BCUT2D eigenvalue weighted by molar-refractivity contribution is 5.82. The zero-order chi connectivity index (χ0) is 18.7. The summed E-state index contributed by atoms with van der Waals surface area (Å²) in [6.45, 7) is 3.98. The Balaban J connectivity index is 2.11. The highest BCUT2D eigenvalue weighted by atomic mass is 19.1. The minimum Gasteiger partial charge on any atom is -0.505 e. The summed E-state index contributed by atoms with van der Waals surface area (Å²) in [5.41, 5.74) is 2.49. The molecule has 5 nitrogen and oxygen atoms in total. The third-order valence-corrected chi connectivity index (χ3v) is 4.34. The van der Waals surface area contributed by atoms with Crippen molar-refractivity contribution in [3.63, 3.8) is 0 Å². The lowest BCUT2D eigenvalue weighted by molar-refractivity contribution is 0.280. The summed E-state index contributed by atoms with van der Waals surface area (Å²) in [5, 5.41) is 19.5. The maximum Gasteiger partial charge on any atom is 0.258 e. The maximum atomic E-state index is 13.1. The molecule has 3 aromatic rings. The third kappa shape index (κ3) is 3.46. The van der Waals surface area contributed by atoms with Crippen molar-refractivity contribution in [1.82, 2.24) is 9.55 Å². The van der Waals surface area contributed by atoms with E-state index in [0.29, 0.717) is 30.4 Å². The van der Waals surface area contributed by atoms with Crippen LogP contribution in [0, 0.1) is 12.7 Å². The molecule has 0 unspecified atom stereocenters. The predicted molar refractivity (Wildman–Crippen MR) is 97.6 cm³/mol. The van der Waals surface area contributed by atoms with Crippen LogP contribution < -0.4 is 5.56 Å². The van der Waals surface area contributed by atoms with Crippen molar-refractivity contribution in [1.29, 1.82) is 0 Å². The van der Waals surface area contributed by atoms with E-state index in [1.807, 2.05) is 0 Å². The standard InChI is InChI=1S/C20H20FN2O3/c1-2-16-19(25)18-17(23(20(16)26)8-3-9-24)11-14(12-22-18)10-13-4-6-15(21)7-5-13/h4-7,11-12,24-25H,1-3,8-10H2. The Hall–Kier alpha value is -2.73.